The molecule has 0 bridgehead atoms. The van der Waals surface area contributed by atoms with Crippen LogP contribution in [0.5, 0.6) is 0 Å². The van der Waals surface area contributed by atoms with Crippen LogP contribution in [-0.2, 0) is 14.3 Å². The minimum absolute atomic E-state index is 0.198. The summed E-state index contributed by atoms with van der Waals surface area (Å²) >= 11 is 0. The van der Waals surface area contributed by atoms with Crippen molar-refractivity contribution >= 4 is 17.8 Å². The Labute approximate surface area is 151 Å². The van der Waals surface area contributed by atoms with Crippen molar-refractivity contribution < 1.29 is 19.1 Å². The second kappa shape index (κ2) is 9.14. The molecule has 2 aromatic rings. The zero-order valence-corrected chi connectivity index (χ0v) is 14.2. The molecule has 0 radical (unpaired) electrons. The van der Waals surface area contributed by atoms with E-state index in [4.69, 9.17) is 0 Å². The lowest BCUT2D eigenvalue weighted by Gasteiger charge is -2.20. The molecule has 0 heterocycles. The number of imide groups is 1. The van der Waals surface area contributed by atoms with Crippen LogP contribution in [0, 0.1) is 17.2 Å². The zero-order chi connectivity index (χ0) is 18.9. The molecule has 0 aliphatic rings. The van der Waals surface area contributed by atoms with Gasteiger partial charge in [0.1, 0.15) is 0 Å². The van der Waals surface area contributed by atoms with E-state index in [1.165, 1.54) is 7.11 Å². The molecule has 0 aliphatic carbocycles. The molecule has 6 heteroatoms. The molecule has 2 atom stereocenters. The number of esters is 1. The third kappa shape index (κ3) is 4.77. The second-order valence-corrected chi connectivity index (χ2v) is 5.59. The molecular weight excluding hydrogens is 332 g/mol. The number of ether oxygens (including phenoxy) is 1. The summed E-state index contributed by atoms with van der Waals surface area (Å²) in [5.74, 6) is -3.70. The van der Waals surface area contributed by atoms with Crippen LogP contribution >= 0.6 is 0 Å². The number of benzene rings is 2. The Morgan fingerprint density at radius 3 is 2.15 bits per heavy atom. The van der Waals surface area contributed by atoms with Crippen molar-refractivity contribution in [1.82, 2.24) is 5.32 Å². The van der Waals surface area contributed by atoms with Gasteiger partial charge < -0.3 is 4.74 Å². The summed E-state index contributed by atoms with van der Waals surface area (Å²) in [6.45, 7) is 0. The predicted octanol–water partition coefficient (Wildman–Crippen LogP) is 2.43. The van der Waals surface area contributed by atoms with Crippen LogP contribution < -0.4 is 5.32 Å². The lowest BCUT2D eigenvalue weighted by molar-refractivity contribution is -0.144. The number of carbonyl (C=O) groups is 3. The van der Waals surface area contributed by atoms with Crippen molar-refractivity contribution in [3.63, 3.8) is 0 Å². The van der Waals surface area contributed by atoms with E-state index in [1.54, 1.807) is 60.7 Å². The van der Waals surface area contributed by atoms with Crippen molar-refractivity contribution in [3.8, 4) is 6.07 Å². The van der Waals surface area contributed by atoms with Gasteiger partial charge in [-0.2, -0.15) is 5.26 Å². The maximum Gasteiger partial charge on any atom is 0.323 e. The average molecular weight is 350 g/mol. The first-order valence-electron chi connectivity index (χ1n) is 7.98. The fourth-order valence-corrected chi connectivity index (χ4v) is 2.60. The molecule has 0 aromatic heterocycles. The smallest absolute Gasteiger partial charge is 0.323 e. The minimum Gasteiger partial charge on any atom is -0.468 e. The number of methoxy groups -OCH3 is 1. The van der Waals surface area contributed by atoms with Gasteiger partial charge in [-0.05, 0) is 17.7 Å². The summed E-state index contributed by atoms with van der Waals surface area (Å²) < 4.78 is 4.68. The fourth-order valence-electron chi connectivity index (χ4n) is 2.60. The Balaban J connectivity index is 2.18. The summed E-state index contributed by atoms with van der Waals surface area (Å²) in [4.78, 5) is 36.4. The monoisotopic (exact) mass is 350 g/mol. The topological polar surface area (TPSA) is 96.3 Å². The molecule has 0 fully saturated rings. The average Bonchev–Trinajstić information content (AvgIpc) is 2.68. The van der Waals surface area contributed by atoms with Gasteiger partial charge in [-0.25, -0.2) is 0 Å². The molecule has 2 aromatic carbocycles. The van der Waals surface area contributed by atoms with Gasteiger partial charge in [0.25, 0.3) is 5.91 Å². The Morgan fingerprint density at radius 2 is 1.62 bits per heavy atom. The highest BCUT2D eigenvalue weighted by molar-refractivity contribution is 6.04. The number of hydrogen-bond donors (Lipinski definition) is 1. The fraction of sp³-hybridized carbons (Fsp3) is 0.200. The van der Waals surface area contributed by atoms with Crippen LogP contribution in [0.2, 0.25) is 0 Å². The van der Waals surface area contributed by atoms with Gasteiger partial charge in [-0.1, -0.05) is 48.5 Å². The van der Waals surface area contributed by atoms with Gasteiger partial charge in [0.15, 0.2) is 5.92 Å². The molecule has 0 saturated carbocycles. The molecule has 6 nitrogen and oxygen atoms in total. The van der Waals surface area contributed by atoms with E-state index in [0.717, 1.165) is 0 Å². The van der Waals surface area contributed by atoms with Crippen LogP contribution in [0.4, 0.5) is 0 Å². The van der Waals surface area contributed by atoms with Gasteiger partial charge in [0, 0.05) is 17.9 Å². The number of nitriles is 1. The van der Waals surface area contributed by atoms with Crippen molar-refractivity contribution in [3.05, 3.63) is 71.8 Å². The van der Waals surface area contributed by atoms with Crippen molar-refractivity contribution in [2.45, 2.75) is 12.3 Å². The number of nitrogens with zero attached hydrogens (tertiary/aromatic N) is 1. The van der Waals surface area contributed by atoms with E-state index in [0.29, 0.717) is 11.1 Å². The lowest BCUT2D eigenvalue weighted by atomic mass is 9.84. The maximum absolute atomic E-state index is 12.3. The van der Waals surface area contributed by atoms with Crippen LogP contribution in [0.15, 0.2) is 60.7 Å². The zero-order valence-electron chi connectivity index (χ0n) is 14.2. The molecule has 132 valence electrons. The van der Waals surface area contributed by atoms with Crippen LogP contribution in [-0.4, -0.2) is 24.9 Å². The summed E-state index contributed by atoms with van der Waals surface area (Å²) in [6.07, 6.45) is -0.198. The van der Waals surface area contributed by atoms with E-state index in [1.807, 2.05) is 6.07 Å². The van der Waals surface area contributed by atoms with Crippen LogP contribution in [0.25, 0.3) is 0 Å². The third-order valence-corrected chi connectivity index (χ3v) is 3.92. The van der Waals surface area contributed by atoms with E-state index < -0.39 is 29.6 Å². The molecule has 0 saturated heterocycles. The SMILES string of the molecule is COC(=O)C(C#N)[C@@H](CC(=O)NC(=O)c1ccccc1)c1ccccc1. The van der Waals surface area contributed by atoms with Crippen molar-refractivity contribution in [2.75, 3.05) is 7.11 Å². The largest absolute Gasteiger partial charge is 0.468 e. The van der Waals surface area contributed by atoms with Gasteiger partial charge in [0.2, 0.25) is 5.91 Å². The summed E-state index contributed by atoms with van der Waals surface area (Å²) in [6, 6.07) is 19.0. The van der Waals surface area contributed by atoms with Crippen LogP contribution in [0.1, 0.15) is 28.3 Å². The molecule has 0 aliphatic heterocycles. The summed E-state index contributed by atoms with van der Waals surface area (Å²) in [5.41, 5.74) is 0.994. The van der Waals surface area contributed by atoms with E-state index in [-0.39, 0.29) is 6.42 Å². The van der Waals surface area contributed by atoms with Crippen molar-refractivity contribution in [1.29, 1.82) is 5.26 Å². The Bertz CT molecular complexity index is 813. The van der Waals surface area contributed by atoms with E-state index >= 15 is 0 Å². The predicted molar refractivity (Wildman–Crippen MR) is 93.8 cm³/mol. The quantitative estimate of drug-likeness (QED) is 0.807. The van der Waals surface area contributed by atoms with E-state index in [2.05, 4.69) is 10.1 Å². The molecule has 26 heavy (non-hydrogen) atoms. The Hall–Kier alpha value is -3.46. The highest BCUT2D eigenvalue weighted by Gasteiger charge is 2.32. The first kappa shape index (κ1) is 18.9. The number of carbonyl (C=O) groups excluding carboxylic acids is 3. The number of nitrogens with one attached hydrogen (secondary N) is 1. The number of hydrogen-bond acceptors (Lipinski definition) is 5. The molecule has 2 amide bonds. The summed E-state index contributed by atoms with van der Waals surface area (Å²) in [5, 5.41) is 11.7. The standard InChI is InChI=1S/C20H18N2O4/c1-26-20(25)17(13-21)16(14-8-4-2-5-9-14)12-18(23)22-19(24)15-10-6-3-7-11-15/h2-11,16-17H,12H2,1H3,(H,22,23,24)/t16-,17?/m0/s1. The molecular formula is C20H18N2O4. The summed E-state index contributed by atoms with van der Waals surface area (Å²) in [7, 11) is 1.19. The lowest BCUT2D eigenvalue weighted by Crippen LogP contribution is -2.34. The molecule has 1 unspecified atom stereocenters. The third-order valence-electron chi connectivity index (χ3n) is 3.92. The first-order chi connectivity index (χ1) is 12.6. The maximum atomic E-state index is 12.3. The van der Waals surface area contributed by atoms with Gasteiger partial charge in [-0.15, -0.1) is 0 Å². The number of amides is 2. The Kier molecular flexibility index (Phi) is 6.63. The highest BCUT2D eigenvalue weighted by atomic mass is 16.5. The van der Waals surface area contributed by atoms with Crippen molar-refractivity contribution in [2.24, 2.45) is 5.92 Å². The van der Waals surface area contributed by atoms with Gasteiger partial charge in [-0.3, -0.25) is 19.7 Å². The first-order valence-corrected chi connectivity index (χ1v) is 7.98. The highest BCUT2D eigenvalue weighted by Crippen LogP contribution is 2.29. The van der Waals surface area contributed by atoms with Gasteiger partial charge >= 0.3 is 5.97 Å². The normalized spacial score (nSPS) is 12.3. The Morgan fingerprint density at radius 1 is 1.04 bits per heavy atom. The van der Waals surface area contributed by atoms with Crippen LogP contribution in [0.3, 0.4) is 0 Å². The minimum atomic E-state index is -1.15. The molecule has 0 spiro atoms. The molecule has 1 N–H and O–H groups in total. The van der Waals surface area contributed by atoms with Gasteiger partial charge in [0.05, 0.1) is 13.2 Å². The molecule has 2 rings (SSSR count). The number of rotatable bonds is 6. The van der Waals surface area contributed by atoms with E-state index in [9.17, 15) is 19.6 Å². The second-order valence-electron chi connectivity index (χ2n) is 5.59.